The van der Waals surface area contributed by atoms with Gasteiger partial charge < -0.3 is 9.80 Å². The number of benzene rings is 2. The summed E-state index contributed by atoms with van der Waals surface area (Å²) in [7, 11) is 0. The largest absolute Gasteiger partial charge is 0.368 e. The maximum atomic E-state index is 8.85. The average Bonchev–Trinajstić information content (AvgIpc) is 2.55. The summed E-state index contributed by atoms with van der Waals surface area (Å²) < 4.78 is 0. The predicted molar refractivity (Wildman–Crippen MR) is 86.8 cm³/mol. The van der Waals surface area contributed by atoms with Crippen LogP contribution >= 0.6 is 0 Å². The first kappa shape index (κ1) is 13.5. The third-order valence-corrected chi connectivity index (χ3v) is 4.01. The first-order valence-electron chi connectivity index (χ1n) is 7.33. The Morgan fingerprint density at radius 2 is 1.48 bits per heavy atom. The van der Waals surface area contributed by atoms with Crippen LogP contribution in [0.3, 0.4) is 0 Å². The van der Waals surface area contributed by atoms with Crippen molar-refractivity contribution in [2.45, 2.75) is 6.92 Å². The second kappa shape index (κ2) is 5.88. The summed E-state index contributed by atoms with van der Waals surface area (Å²) in [6.45, 7) is 6.23. The minimum atomic E-state index is 0.720. The van der Waals surface area contributed by atoms with E-state index in [-0.39, 0.29) is 0 Å². The van der Waals surface area contributed by atoms with Crippen LogP contribution in [0.4, 0.5) is 11.4 Å². The molecular formula is C18H19N3. The molecular weight excluding hydrogens is 258 g/mol. The van der Waals surface area contributed by atoms with Crippen molar-refractivity contribution < 1.29 is 0 Å². The maximum absolute atomic E-state index is 8.85. The lowest BCUT2D eigenvalue weighted by atomic mass is 10.1. The van der Waals surface area contributed by atoms with Crippen molar-refractivity contribution in [3.8, 4) is 6.07 Å². The number of nitrogens with zero attached hydrogens (tertiary/aromatic N) is 3. The minimum Gasteiger partial charge on any atom is -0.368 e. The van der Waals surface area contributed by atoms with Gasteiger partial charge in [-0.1, -0.05) is 12.1 Å². The normalized spacial score (nSPS) is 14.9. The zero-order chi connectivity index (χ0) is 14.7. The van der Waals surface area contributed by atoms with Crippen molar-refractivity contribution in [3.63, 3.8) is 0 Å². The maximum Gasteiger partial charge on any atom is 0.0991 e. The van der Waals surface area contributed by atoms with E-state index in [9.17, 15) is 0 Å². The molecule has 1 saturated heterocycles. The lowest BCUT2D eigenvalue weighted by Crippen LogP contribution is -2.46. The van der Waals surface area contributed by atoms with Gasteiger partial charge in [-0.25, -0.2) is 0 Å². The van der Waals surface area contributed by atoms with Crippen molar-refractivity contribution >= 4 is 11.4 Å². The van der Waals surface area contributed by atoms with Gasteiger partial charge in [0.05, 0.1) is 11.6 Å². The Labute approximate surface area is 126 Å². The predicted octanol–water partition coefficient (Wildman–Crippen LogP) is 3.19. The molecule has 0 bridgehead atoms. The number of anilines is 2. The van der Waals surface area contributed by atoms with Gasteiger partial charge in [-0.3, -0.25) is 0 Å². The number of rotatable bonds is 2. The topological polar surface area (TPSA) is 30.3 Å². The van der Waals surface area contributed by atoms with Crippen LogP contribution in [-0.2, 0) is 0 Å². The van der Waals surface area contributed by atoms with Crippen LogP contribution in [0.2, 0.25) is 0 Å². The molecule has 1 heterocycles. The van der Waals surface area contributed by atoms with Crippen LogP contribution in [0, 0.1) is 18.3 Å². The van der Waals surface area contributed by atoms with Crippen molar-refractivity contribution in [2.24, 2.45) is 0 Å². The fraction of sp³-hybridized carbons (Fsp3) is 0.278. The third-order valence-electron chi connectivity index (χ3n) is 4.01. The van der Waals surface area contributed by atoms with Gasteiger partial charge >= 0.3 is 0 Å². The van der Waals surface area contributed by atoms with Gasteiger partial charge in [0.2, 0.25) is 0 Å². The molecule has 1 aliphatic rings. The molecule has 3 heteroatoms. The summed E-state index contributed by atoms with van der Waals surface area (Å²) in [6, 6.07) is 18.7. The number of hydrogen-bond acceptors (Lipinski definition) is 3. The molecule has 0 N–H and O–H groups in total. The third kappa shape index (κ3) is 3.00. The number of nitriles is 1. The smallest absolute Gasteiger partial charge is 0.0991 e. The van der Waals surface area contributed by atoms with E-state index in [2.05, 4.69) is 47.1 Å². The lowest BCUT2D eigenvalue weighted by molar-refractivity contribution is 0.653. The standard InChI is InChI=1S/C18H19N3/c1-15-3-2-4-18(13-15)21-11-9-20(10-12-21)17-7-5-16(14-19)6-8-17/h2-8,13H,9-12H2,1H3. The average molecular weight is 277 g/mol. The van der Waals surface area contributed by atoms with Crippen LogP contribution in [-0.4, -0.2) is 26.2 Å². The molecule has 3 nitrogen and oxygen atoms in total. The van der Waals surface area contributed by atoms with Crippen molar-refractivity contribution in [2.75, 3.05) is 36.0 Å². The van der Waals surface area contributed by atoms with Gasteiger partial charge in [0.25, 0.3) is 0 Å². The molecule has 21 heavy (non-hydrogen) atoms. The van der Waals surface area contributed by atoms with Crippen LogP contribution in [0.5, 0.6) is 0 Å². The Balaban J connectivity index is 1.66. The van der Waals surface area contributed by atoms with Gasteiger partial charge in [-0.05, 0) is 48.9 Å². The summed E-state index contributed by atoms with van der Waals surface area (Å²) >= 11 is 0. The minimum absolute atomic E-state index is 0.720. The molecule has 106 valence electrons. The highest BCUT2D eigenvalue weighted by Crippen LogP contribution is 2.21. The molecule has 1 fully saturated rings. The molecule has 0 amide bonds. The van der Waals surface area contributed by atoms with Gasteiger partial charge in [-0.2, -0.15) is 5.26 Å². The Kier molecular flexibility index (Phi) is 3.79. The summed E-state index contributed by atoms with van der Waals surface area (Å²) in [5, 5.41) is 8.85. The fourth-order valence-electron chi connectivity index (χ4n) is 2.79. The van der Waals surface area contributed by atoms with Crippen LogP contribution in [0.1, 0.15) is 11.1 Å². The number of hydrogen-bond donors (Lipinski definition) is 0. The van der Waals surface area contributed by atoms with E-state index in [1.54, 1.807) is 0 Å². The van der Waals surface area contributed by atoms with Gasteiger partial charge in [-0.15, -0.1) is 0 Å². The lowest BCUT2D eigenvalue weighted by Gasteiger charge is -2.37. The highest BCUT2D eigenvalue weighted by Gasteiger charge is 2.17. The van der Waals surface area contributed by atoms with E-state index < -0.39 is 0 Å². The first-order valence-corrected chi connectivity index (χ1v) is 7.33. The van der Waals surface area contributed by atoms with E-state index in [1.807, 2.05) is 24.3 Å². The molecule has 1 aliphatic heterocycles. The quantitative estimate of drug-likeness (QED) is 0.844. The van der Waals surface area contributed by atoms with E-state index in [4.69, 9.17) is 5.26 Å². The monoisotopic (exact) mass is 277 g/mol. The Morgan fingerprint density at radius 3 is 2.05 bits per heavy atom. The van der Waals surface area contributed by atoms with Crippen molar-refractivity contribution in [3.05, 3.63) is 59.7 Å². The van der Waals surface area contributed by atoms with E-state index in [1.165, 1.54) is 16.9 Å². The first-order chi connectivity index (χ1) is 10.3. The van der Waals surface area contributed by atoms with Crippen LogP contribution in [0.15, 0.2) is 48.5 Å². The second-order valence-corrected chi connectivity index (χ2v) is 5.47. The van der Waals surface area contributed by atoms with Crippen LogP contribution in [0.25, 0.3) is 0 Å². The summed E-state index contributed by atoms with van der Waals surface area (Å²) in [4.78, 5) is 4.82. The molecule has 0 saturated carbocycles. The van der Waals surface area contributed by atoms with Crippen molar-refractivity contribution in [1.29, 1.82) is 5.26 Å². The molecule has 2 aromatic rings. The molecule has 0 spiro atoms. The highest BCUT2D eigenvalue weighted by molar-refractivity contribution is 5.53. The molecule has 3 rings (SSSR count). The molecule has 0 aliphatic carbocycles. The molecule has 0 radical (unpaired) electrons. The Hall–Kier alpha value is -2.47. The number of aryl methyl sites for hydroxylation is 1. The van der Waals surface area contributed by atoms with Crippen LogP contribution < -0.4 is 9.80 Å². The number of piperazine rings is 1. The summed E-state index contributed by atoms with van der Waals surface area (Å²) in [5.41, 5.74) is 4.55. The molecule has 0 unspecified atom stereocenters. The Morgan fingerprint density at radius 1 is 0.857 bits per heavy atom. The van der Waals surface area contributed by atoms with Gasteiger partial charge in [0, 0.05) is 37.6 Å². The zero-order valence-electron chi connectivity index (χ0n) is 12.3. The molecule has 0 atom stereocenters. The van der Waals surface area contributed by atoms with E-state index in [0.29, 0.717) is 0 Å². The highest BCUT2D eigenvalue weighted by atomic mass is 15.3. The van der Waals surface area contributed by atoms with Gasteiger partial charge in [0.1, 0.15) is 0 Å². The van der Waals surface area contributed by atoms with E-state index >= 15 is 0 Å². The second-order valence-electron chi connectivity index (χ2n) is 5.47. The van der Waals surface area contributed by atoms with Gasteiger partial charge in [0.15, 0.2) is 0 Å². The summed E-state index contributed by atoms with van der Waals surface area (Å²) in [5.74, 6) is 0. The zero-order valence-corrected chi connectivity index (χ0v) is 12.3. The Bertz CT molecular complexity index is 647. The van der Waals surface area contributed by atoms with Crippen molar-refractivity contribution in [1.82, 2.24) is 0 Å². The summed E-state index contributed by atoms with van der Waals surface area (Å²) in [6.07, 6.45) is 0. The molecule has 0 aromatic heterocycles. The van der Waals surface area contributed by atoms with E-state index in [0.717, 1.165) is 31.7 Å². The molecule has 2 aromatic carbocycles. The SMILES string of the molecule is Cc1cccc(N2CCN(c3ccc(C#N)cc3)CC2)c1. The fourth-order valence-corrected chi connectivity index (χ4v) is 2.79.